The number of amides is 3. The molecule has 2 heterocycles. The number of hydrogen-bond acceptors (Lipinski definition) is 7. The van der Waals surface area contributed by atoms with Crippen molar-refractivity contribution in [1.29, 1.82) is 0 Å². The number of carbonyl (C=O) groups is 3. The van der Waals surface area contributed by atoms with Crippen LogP contribution in [0.2, 0.25) is 0 Å². The lowest BCUT2D eigenvalue weighted by atomic mass is 9.82. The molecule has 0 bridgehead atoms. The van der Waals surface area contributed by atoms with Gasteiger partial charge in [-0.05, 0) is 77.7 Å². The maximum Gasteiger partial charge on any atom is 0.264 e. The number of methoxy groups -OCH3 is 1. The van der Waals surface area contributed by atoms with Crippen LogP contribution < -0.4 is 20.7 Å². The summed E-state index contributed by atoms with van der Waals surface area (Å²) >= 11 is 0. The molecule has 10 nitrogen and oxygen atoms in total. The number of aliphatic hydroxyl groups is 2. The molecule has 6 rings (SSSR count). The Labute approximate surface area is 285 Å². The second kappa shape index (κ2) is 14.0. The molecule has 5 N–H and O–H groups in total. The highest BCUT2D eigenvalue weighted by Gasteiger charge is 2.52. The highest BCUT2D eigenvalue weighted by atomic mass is 16.5. The van der Waals surface area contributed by atoms with E-state index in [4.69, 9.17) is 10.5 Å². The minimum Gasteiger partial charge on any atom is -0.497 e. The topological polar surface area (TPSA) is 145 Å². The third-order valence-corrected chi connectivity index (χ3v) is 9.44. The van der Waals surface area contributed by atoms with E-state index in [0.29, 0.717) is 46.9 Å². The molecular weight excluding hydrogens is 620 g/mol. The fraction of sp³-hybridized carbons (Fsp3) is 0.256. The first-order valence-electron chi connectivity index (χ1n) is 16.2. The number of nitrogens with one attached hydrogen (secondary N) is 1. The lowest BCUT2D eigenvalue weighted by Gasteiger charge is -2.36. The van der Waals surface area contributed by atoms with E-state index < -0.39 is 17.4 Å². The number of anilines is 3. The van der Waals surface area contributed by atoms with Crippen molar-refractivity contribution in [3.05, 3.63) is 131 Å². The van der Waals surface area contributed by atoms with Crippen LogP contribution >= 0.6 is 0 Å². The fourth-order valence-corrected chi connectivity index (χ4v) is 6.65. The van der Waals surface area contributed by atoms with Crippen LogP contribution in [0.3, 0.4) is 0 Å². The van der Waals surface area contributed by atoms with E-state index in [1.54, 1.807) is 84.6 Å². The Hall–Kier alpha value is -5.45. The maximum absolute atomic E-state index is 14.2. The SMILES string of the molecule is COc1ccc2c(c1)[C@@](O)([C@H](C)/C=C/CC(=O)N1Cc3ccccc3C[C@H]1CO)C(=O)N2Cc1cccc(NC(=O)c2ccc(N)cc2)c1. The quantitative estimate of drug-likeness (QED) is 0.141. The minimum absolute atomic E-state index is 0.0524. The largest absolute Gasteiger partial charge is 0.497 e. The van der Waals surface area contributed by atoms with Crippen molar-refractivity contribution < 1.29 is 29.3 Å². The van der Waals surface area contributed by atoms with Gasteiger partial charge in [0.2, 0.25) is 5.91 Å². The Balaban J connectivity index is 1.19. The van der Waals surface area contributed by atoms with Crippen LogP contribution in [0.4, 0.5) is 17.1 Å². The van der Waals surface area contributed by atoms with Crippen molar-refractivity contribution in [3.8, 4) is 5.75 Å². The van der Waals surface area contributed by atoms with E-state index in [2.05, 4.69) is 5.32 Å². The number of benzene rings is 4. The van der Waals surface area contributed by atoms with E-state index in [1.165, 1.54) is 12.0 Å². The number of nitrogen functional groups attached to an aromatic ring is 1. The summed E-state index contributed by atoms with van der Waals surface area (Å²) in [5.41, 5.74) is 9.27. The number of hydrogen-bond donors (Lipinski definition) is 4. The van der Waals surface area contributed by atoms with Gasteiger partial charge in [-0.25, -0.2) is 0 Å². The summed E-state index contributed by atoms with van der Waals surface area (Å²) in [6.07, 6.45) is 4.01. The van der Waals surface area contributed by atoms with Crippen molar-refractivity contribution in [1.82, 2.24) is 4.90 Å². The first-order chi connectivity index (χ1) is 23.6. The van der Waals surface area contributed by atoms with E-state index >= 15 is 0 Å². The van der Waals surface area contributed by atoms with Gasteiger partial charge in [0.15, 0.2) is 5.60 Å². The fourth-order valence-electron chi connectivity index (χ4n) is 6.65. The van der Waals surface area contributed by atoms with Crippen LogP contribution in [0.1, 0.15) is 46.0 Å². The molecule has 49 heavy (non-hydrogen) atoms. The Kier molecular flexibility index (Phi) is 9.53. The Morgan fingerprint density at radius 1 is 1.04 bits per heavy atom. The number of rotatable bonds is 10. The van der Waals surface area contributed by atoms with E-state index in [-0.39, 0.29) is 37.4 Å². The van der Waals surface area contributed by atoms with Crippen LogP contribution in [0.5, 0.6) is 5.75 Å². The molecule has 0 saturated heterocycles. The zero-order valence-electron chi connectivity index (χ0n) is 27.5. The van der Waals surface area contributed by atoms with Crippen molar-refractivity contribution in [2.24, 2.45) is 5.92 Å². The highest BCUT2D eigenvalue weighted by molar-refractivity contribution is 6.07. The molecule has 252 valence electrons. The van der Waals surface area contributed by atoms with Gasteiger partial charge in [0, 0.05) is 41.4 Å². The molecule has 0 saturated carbocycles. The summed E-state index contributed by atoms with van der Waals surface area (Å²) in [4.78, 5) is 43.5. The lowest BCUT2D eigenvalue weighted by Crippen LogP contribution is -2.46. The molecule has 0 aliphatic carbocycles. The van der Waals surface area contributed by atoms with Gasteiger partial charge in [0.05, 0.1) is 32.0 Å². The molecule has 2 aliphatic rings. The summed E-state index contributed by atoms with van der Waals surface area (Å²) in [5.74, 6) is -1.16. The summed E-state index contributed by atoms with van der Waals surface area (Å²) in [5, 5.41) is 25.1. The third-order valence-electron chi connectivity index (χ3n) is 9.44. The van der Waals surface area contributed by atoms with Crippen LogP contribution in [0.15, 0.2) is 103 Å². The van der Waals surface area contributed by atoms with Crippen LogP contribution in [-0.2, 0) is 34.7 Å². The first kappa shape index (κ1) is 33.5. The van der Waals surface area contributed by atoms with Crippen molar-refractivity contribution >= 4 is 34.8 Å². The van der Waals surface area contributed by atoms with Gasteiger partial charge in [-0.3, -0.25) is 14.4 Å². The van der Waals surface area contributed by atoms with Gasteiger partial charge in [0.25, 0.3) is 11.8 Å². The van der Waals surface area contributed by atoms with Crippen molar-refractivity contribution in [3.63, 3.8) is 0 Å². The molecule has 3 amide bonds. The molecule has 4 aromatic carbocycles. The van der Waals surface area contributed by atoms with Crippen molar-refractivity contribution in [2.75, 3.05) is 29.7 Å². The van der Waals surface area contributed by atoms with E-state index in [0.717, 1.165) is 16.7 Å². The molecule has 0 spiro atoms. The second-order valence-electron chi connectivity index (χ2n) is 12.6. The van der Waals surface area contributed by atoms with Gasteiger partial charge in [0.1, 0.15) is 5.75 Å². The number of aliphatic hydroxyl groups excluding tert-OH is 1. The summed E-state index contributed by atoms with van der Waals surface area (Å²) in [6, 6.07) is 26.6. The van der Waals surface area contributed by atoms with Crippen LogP contribution in [0, 0.1) is 5.92 Å². The number of fused-ring (bicyclic) bond motifs is 2. The van der Waals surface area contributed by atoms with E-state index in [1.807, 2.05) is 30.3 Å². The van der Waals surface area contributed by atoms with Gasteiger partial charge >= 0.3 is 0 Å². The average Bonchev–Trinajstić information content (AvgIpc) is 3.33. The summed E-state index contributed by atoms with van der Waals surface area (Å²) in [7, 11) is 1.52. The van der Waals surface area contributed by atoms with E-state index in [9.17, 15) is 24.6 Å². The molecule has 0 aromatic heterocycles. The van der Waals surface area contributed by atoms with Gasteiger partial charge in [-0.2, -0.15) is 0 Å². The molecule has 4 aromatic rings. The number of ether oxygens (including phenoxy) is 1. The number of nitrogens with two attached hydrogens (primary N) is 1. The maximum atomic E-state index is 14.2. The Morgan fingerprint density at radius 2 is 1.80 bits per heavy atom. The lowest BCUT2D eigenvalue weighted by molar-refractivity contribution is -0.139. The van der Waals surface area contributed by atoms with Crippen LogP contribution in [-0.4, -0.2) is 52.6 Å². The van der Waals surface area contributed by atoms with Crippen LogP contribution in [0.25, 0.3) is 0 Å². The number of nitrogens with zero attached hydrogens (tertiary/aromatic N) is 2. The second-order valence-corrected chi connectivity index (χ2v) is 12.6. The predicted molar refractivity (Wildman–Crippen MR) is 188 cm³/mol. The molecule has 0 unspecified atom stereocenters. The molecule has 2 aliphatic heterocycles. The molecule has 3 atom stereocenters. The molecule has 0 fully saturated rings. The minimum atomic E-state index is -1.93. The predicted octanol–water partition coefficient (Wildman–Crippen LogP) is 4.79. The smallest absolute Gasteiger partial charge is 0.264 e. The molecular formula is C39H40N4O6. The average molecular weight is 661 g/mol. The normalized spacial score (nSPS) is 19.0. The highest BCUT2D eigenvalue weighted by Crippen LogP contribution is 2.47. The zero-order valence-corrected chi connectivity index (χ0v) is 27.5. The molecule has 0 radical (unpaired) electrons. The number of carbonyl (C=O) groups excluding carboxylic acids is 3. The van der Waals surface area contributed by atoms with Crippen molar-refractivity contribution in [2.45, 2.75) is 44.5 Å². The third kappa shape index (κ3) is 6.65. The Morgan fingerprint density at radius 3 is 2.53 bits per heavy atom. The Bertz CT molecular complexity index is 1910. The standard InChI is InChI=1S/C39H40N4O6/c1-25(7-5-12-36(45)42-23-29-10-4-3-9-28(29)20-32(42)24-44)39(48)34-21-33(49-2)17-18-35(34)43(38(39)47)22-26-8-6-11-31(19-26)41-37(46)27-13-15-30(40)16-14-27/h3-11,13-19,21,25,32,44,48H,12,20,22-24,40H2,1-2H3,(H,41,46)/b7-5+/t25-,32+,39+/m1/s1. The van der Waals surface area contributed by atoms with Gasteiger partial charge in [-0.15, -0.1) is 0 Å². The monoisotopic (exact) mass is 660 g/mol. The summed E-state index contributed by atoms with van der Waals surface area (Å²) in [6.45, 7) is 2.16. The van der Waals surface area contributed by atoms with Gasteiger partial charge in [-0.1, -0.05) is 55.5 Å². The summed E-state index contributed by atoms with van der Waals surface area (Å²) < 4.78 is 5.45. The first-order valence-corrected chi connectivity index (χ1v) is 16.2. The zero-order chi connectivity index (χ0) is 34.7. The molecule has 10 heteroatoms. The van der Waals surface area contributed by atoms with Gasteiger partial charge < -0.3 is 35.8 Å².